The van der Waals surface area contributed by atoms with Crippen LogP contribution in [-0.4, -0.2) is 23.9 Å². The monoisotopic (exact) mass is 124 g/mol. The Kier molecular flexibility index (Phi) is 2.04. The van der Waals surface area contributed by atoms with Crippen LogP contribution in [-0.2, 0) is 0 Å². The van der Waals surface area contributed by atoms with Gasteiger partial charge in [0.05, 0.1) is 0 Å². The molecule has 0 fully saturated rings. The second kappa shape index (κ2) is 2.81. The minimum atomic E-state index is 0.745. The lowest BCUT2D eigenvalue weighted by atomic mass is 10.1. The van der Waals surface area contributed by atoms with Crippen LogP contribution in [0, 0.1) is 0 Å². The van der Waals surface area contributed by atoms with Crippen LogP contribution < -0.4 is 0 Å². The number of rotatable bonds is 1. The highest BCUT2D eigenvalue weighted by Gasteiger charge is 2.13. The van der Waals surface area contributed by atoms with Crippen molar-refractivity contribution in [2.75, 3.05) is 7.05 Å². The lowest BCUT2D eigenvalue weighted by Crippen LogP contribution is -2.24. The van der Waals surface area contributed by atoms with E-state index in [1.165, 1.54) is 12.8 Å². The molecule has 0 aromatic carbocycles. The molecule has 0 radical (unpaired) electrons. The second-order valence-electron chi connectivity index (χ2n) is 2.54. The molecule has 0 bridgehead atoms. The molecule has 1 nitrogen and oxygen atoms in total. The van der Waals surface area contributed by atoms with Gasteiger partial charge in [-0.1, -0.05) is 13.0 Å². The van der Waals surface area contributed by atoms with Crippen molar-refractivity contribution in [2.45, 2.75) is 25.8 Å². The highest BCUT2D eigenvalue weighted by molar-refractivity contribution is 5.66. The van der Waals surface area contributed by atoms with Crippen LogP contribution in [0.15, 0.2) is 12.2 Å². The zero-order chi connectivity index (χ0) is 6.69. The standard InChI is InChI=1S/C8H14N/c1-3-8-6-4-5-7-9(8)2/h4-5,7-8H,3,6H2,1-2H3/q+1. The van der Waals surface area contributed by atoms with Gasteiger partial charge in [-0.05, 0) is 6.08 Å². The molecule has 0 aliphatic carbocycles. The van der Waals surface area contributed by atoms with E-state index in [1.807, 2.05) is 0 Å². The molecular formula is C8H14N+. The summed E-state index contributed by atoms with van der Waals surface area (Å²) in [7, 11) is 2.14. The van der Waals surface area contributed by atoms with Crippen LogP contribution in [0.4, 0.5) is 0 Å². The van der Waals surface area contributed by atoms with Crippen molar-refractivity contribution < 1.29 is 4.58 Å². The zero-order valence-corrected chi connectivity index (χ0v) is 6.17. The van der Waals surface area contributed by atoms with Gasteiger partial charge in [0.15, 0.2) is 12.3 Å². The Morgan fingerprint density at radius 2 is 2.44 bits per heavy atom. The summed E-state index contributed by atoms with van der Waals surface area (Å²) in [4.78, 5) is 0. The van der Waals surface area contributed by atoms with Gasteiger partial charge in [-0.15, -0.1) is 0 Å². The molecule has 1 atom stereocenters. The topological polar surface area (TPSA) is 3.01 Å². The van der Waals surface area contributed by atoms with Crippen molar-refractivity contribution >= 4 is 6.21 Å². The van der Waals surface area contributed by atoms with Gasteiger partial charge in [0.1, 0.15) is 7.05 Å². The van der Waals surface area contributed by atoms with E-state index >= 15 is 0 Å². The van der Waals surface area contributed by atoms with E-state index < -0.39 is 0 Å². The summed E-state index contributed by atoms with van der Waals surface area (Å²) in [5.74, 6) is 0. The molecule has 0 spiro atoms. The maximum Gasteiger partial charge on any atom is 0.163 e. The van der Waals surface area contributed by atoms with E-state index in [-0.39, 0.29) is 0 Å². The van der Waals surface area contributed by atoms with Crippen LogP contribution in [0.5, 0.6) is 0 Å². The fraction of sp³-hybridized carbons (Fsp3) is 0.625. The van der Waals surface area contributed by atoms with E-state index in [1.54, 1.807) is 0 Å². The Morgan fingerprint density at radius 1 is 1.67 bits per heavy atom. The summed E-state index contributed by atoms with van der Waals surface area (Å²) in [5, 5.41) is 0. The average Bonchev–Trinajstić information content (AvgIpc) is 1.89. The van der Waals surface area contributed by atoms with Gasteiger partial charge < -0.3 is 0 Å². The van der Waals surface area contributed by atoms with E-state index in [0.29, 0.717) is 0 Å². The average molecular weight is 124 g/mol. The SMILES string of the molecule is CCC1CC=CC=[N+]1C. The first-order chi connectivity index (χ1) is 4.34. The lowest BCUT2D eigenvalue weighted by Gasteiger charge is -2.10. The molecule has 9 heavy (non-hydrogen) atoms. The Labute approximate surface area is 56.7 Å². The normalized spacial score (nSPS) is 26.0. The van der Waals surface area contributed by atoms with Crippen LogP contribution in [0.25, 0.3) is 0 Å². The summed E-state index contributed by atoms with van der Waals surface area (Å²) in [6.07, 6.45) is 8.94. The minimum Gasteiger partial charge on any atom is -0.236 e. The van der Waals surface area contributed by atoms with E-state index in [2.05, 4.69) is 36.9 Å². The number of allylic oxidation sites excluding steroid dienone is 1. The molecule has 1 heterocycles. The molecule has 0 saturated carbocycles. The second-order valence-corrected chi connectivity index (χ2v) is 2.54. The maximum absolute atomic E-state index is 2.28. The summed E-state index contributed by atoms with van der Waals surface area (Å²) in [6, 6.07) is 0.745. The van der Waals surface area contributed by atoms with Crippen molar-refractivity contribution in [3.05, 3.63) is 12.2 Å². The molecule has 1 heteroatoms. The fourth-order valence-electron chi connectivity index (χ4n) is 1.17. The molecule has 1 unspecified atom stereocenters. The summed E-state index contributed by atoms with van der Waals surface area (Å²) in [5.41, 5.74) is 0. The van der Waals surface area contributed by atoms with Crippen molar-refractivity contribution in [2.24, 2.45) is 0 Å². The third-order valence-corrected chi connectivity index (χ3v) is 1.91. The Morgan fingerprint density at radius 3 is 2.89 bits per heavy atom. The number of hydrogen-bond acceptors (Lipinski definition) is 0. The van der Waals surface area contributed by atoms with E-state index in [4.69, 9.17) is 0 Å². The van der Waals surface area contributed by atoms with Gasteiger partial charge >= 0.3 is 0 Å². The van der Waals surface area contributed by atoms with Gasteiger partial charge in [-0.25, -0.2) is 4.58 Å². The highest BCUT2D eigenvalue weighted by atomic mass is 15.0. The van der Waals surface area contributed by atoms with Crippen molar-refractivity contribution in [1.29, 1.82) is 0 Å². The predicted octanol–water partition coefficient (Wildman–Crippen LogP) is 1.44. The summed E-state index contributed by atoms with van der Waals surface area (Å²) >= 11 is 0. The first kappa shape index (κ1) is 6.53. The van der Waals surface area contributed by atoms with Crippen LogP contribution in [0.1, 0.15) is 19.8 Å². The number of hydrogen-bond donors (Lipinski definition) is 0. The number of nitrogens with zero attached hydrogens (tertiary/aromatic N) is 1. The first-order valence-electron chi connectivity index (χ1n) is 3.56. The van der Waals surface area contributed by atoms with E-state index in [9.17, 15) is 0 Å². The van der Waals surface area contributed by atoms with Crippen LogP contribution in [0.2, 0.25) is 0 Å². The molecule has 50 valence electrons. The molecule has 0 aromatic rings. The van der Waals surface area contributed by atoms with Gasteiger partial charge in [0, 0.05) is 12.8 Å². The third-order valence-electron chi connectivity index (χ3n) is 1.91. The molecule has 1 rings (SSSR count). The van der Waals surface area contributed by atoms with Crippen molar-refractivity contribution in [3.63, 3.8) is 0 Å². The van der Waals surface area contributed by atoms with Gasteiger partial charge in [-0.3, -0.25) is 0 Å². The smallest absolute Gasteiger partial charge is 0.163 e. The summed E-state index contributed by atoms with van der Waals surface area (Å²) in [6.45, 7) is 2.23. The predicted molar refractivity (Wildman–Crippen MR) is 40.1 cm³/mol. The van der Waals surface area contributed by atoms with Gasteiger partial charge in [0.25, 0.3) is 0 Å². The molecule has 1 aliphatic heterocycles. The Bertz CT molecular complexity index is 145. The molecule has 0 aromatic heterocycles. The van der Waals surface area contributed by atoms with Crippen molar-refractivity contribution in [1.82, 2.24) is 0 Å². The first-order valence-corrected chi connectivity index (χ1v) is 3.56. The fourth-order valence-corrected chi connectivity index (χ4v) is 1.17. The molecule has 0 N–H and O–H groups in total. The minimum absolute atomic E-state index is 0.745. The largest absolute Gasteiger partial charge is 0.236 e. The van der Waals surface area contributed by atoms with Crippen LogP contribution in [0.3, 0.4) is 0 Å². The third kappa shape index (κ3) is 1.41. The van der Waals surface area contributed by atoms with Crippen molar-refractivity contribution in [3.8, 4) is 0 Å². The zero-order valence-electron chi connectivity index (χ0n) is 6.17. The lowest BCUT2D eigenvalue weighted by molar-refractivity contribution is -0.534. The molecule has 0 amide bonds. The molecular weight excluding hydrogens is 110 g/mol. The molecule has 1 aliphatic rings. The highest BCUT2D eigenvalue weighted by Crippen LogP contribution is 2.04. The van der Waals surface area contributed by atoms with Gasteiger partial charge in [-0.2, -0.15) is 0 Å². The van der Waals surface area contributed by atoms with Crippen LogP contribution >= 0.6 is 0 Å². The molecule has 0 saturated heterocycles. The van der Waals surface area contributed by atoms with Gasteiger partial charge in [0.2, 0.25) is 0 Å². The Balaban J connectivity index is 2.59. The van der Waals surface area contributed by atoms with E-state index in [0.717, 1.165) is 6.04 Å². The Hall–Kier alpha value is -0.590. The maximum atomic E-state index is 2.28. The quantitative estimate of drug-likeness (QED) is 0.465. The summed E-state index contributed by atoms with van der Waals surface area (Å²) < 4.78 is 2.28.